The Hall–Kier alpha value is -3.09. The molecular formula is C17H12F2N4O. The number of aromatic nitrogens is 3. The molecule has 1 atom stereocenters. The summed E-state index contributed by atoms with van der Waals surface area (Å²) in [5.74, 6) is -2.34. The monoisotopic (exact) mass is 326 g/mol. The van der Waals surface area contributed by atoms with Crippen LogP contribution in [0.25, 0.3) is 5.69 Å². The summed E-state index contributed by atoms with van der Waals surface area (Å²) < 4.78 is 29.4. The molecule has 4 rings (SSSR count). The fraction of sp³-hybridized carbons (Fsp3) is 0.118. The third-order valence-corrected chi connectivity index (χ3v) is 4.05. The van der Waals surface area contributed by atoms with Crippen LogP contribution in [-0.4, -0.2) is 20.4 Å². The highest BCUT2D eigenvalue weighted by Gasteiger charge is 2.33. The predicted molar refractivity (Wildman–Crippen MR) is 82.8 cm³/mol. The zero-order valence-corrected chi connectivity index (χ0v) is 12.4. The molecule has 24 heavy (non-hydrogen) atoms. The summed E-state index contributed by atoms with van der Waals surface area (Å²) >= 11 is 0. The molecule has 1 aromatic carbocycles. The molecule has 0 bridgehead atoms. The lowest BCUT2D eigenvalue weighted by Gasteiger charge is -2.23. The Labute approximate surface area is 136 Å². The van der Waals surface area contributed by atoms with Gasteiger partial charge in [0.2, 0.25) is 5.91 Å². The smallest absolute Gasteiger partial charge is 0.226 e. The van der Waals surface area contributed by atoms with Crippen LogP contribution in [0.1, 0.15) is 23.6 Å². The Balaban J connectivity index is 1.86. The highest BCUT2D eigenvalue weighted by Crippen LogP contribution is 2.38. The molecule has 3 heterocycles. The molecule has 0 fully saturated rings. The average Bonchev–Trinajstić information content (AvgIpc) is 3.01. The van der Waals surface area contributed by atoms with Crippen LogP contribution >= 0.6 is 0 Å². The second-order valence-corrected chi connectivity index (χ2v) is 5.51. The van der Waals surface area contributed by atoms with Crippen LogP contribution in [0.4, 0.5) is 14.6 Å². The van der Waals surface area contributed by atoms with Crippen molar-refractivity contribution in [3.8, 4) is 5.69 Å². The van der Waals surface area contributed by atoms with Gasteiger partial charge in [0, 0.05) is 24.1 Å². The van der Waals surface area contributed by atoms with Crippen LogP contribution in [0.5, 0.6) is 0 Å². The number of rotatable bonds is 2. The lowest BCUT2D eigenvalue weighted by atomic mass is 9.89. The quantitative estimate of drug-likeness (QED) is 0.787. The normalized spacial score (nSPS) is 16.6. The first-order valence-electron chi connectivity index (χ1n) is 7.36. The van der Waals surface area contributed by atoms with Crippen molar-refractivity contribution >= 4 is 11.7 Å². The average molecular weight is 326 g/mol. The number of hydrogen-bond acceptors (Lipinski definition) is 3. The van der Waals surface area contributed by atoms with Gasteiger partial charge in [0.05, 0.1) is 17.6 Å². The number of nitrogens with zero attached hydrogens (tertiary/aromatic N) is 3. The molecule has 1 N–H and O–H groups in total. The van der Waals surface area contributed by atoms with Crippen LogP contribution < -0.4 is 5.32 Å². The summed E-state index contributed by atoms with van der Waals surface area (Å²) in [5, 5.41) is 2.76. The largest absolute Gasteiger partial charge is 0.310 e. The van der Waals surface area contributed by atoms with Gasteiger partial charge < -0.3 is 5.32 Å². The number of hydrogen-bond donors (Lipinski definition) is 1. The summed E-state index contributed by atoms with van der Waals surface area (Å²) in [5.41, 5.74) is 1.34. The van der Waals surface area contributed by atoms with E-state index in [9.17, 15) is 13.6 Å². The van der Waals surface area contributed by atoms with Gasteiger partial charge in [-0.3, -0.25) is 14.3 Å². The number of nitrogens with one attached hydrogen (secondary N) is 1. The summed E-state index contributed by atoms with van der Waals surface area (Å²) in [6.07, 6.45) is 4.81. The summed E-state index contributed by atoms with van der Waals surface area (Å²) in [6, 6.07) is 7.53. The fourth-order valence-corrected chi connectivity index (χ4v) is 2.95. The van der Waals surface area contributed by atoms with Crippen molar-refractivity contribution in [1.29, 1.82) is 0 Å². The maximum absolute atomic E-state index is 14.2. The molecule has 0 saturated heterocycles. The van der Waals surface area contributed by atoms with Gasteiger partial charge in [0.25, 0.3) is 0 Å². The summed E-state index contributed by atoms with van der Waals surface area (Å²) in [6.45, 7) is 0. The van der Waals surface area contributed by atoms with Gasteiger partial charge >= 0.3 is 0 Å². The van der Waals surface area contributed by atoms with Crippen molar-refractivity contribution in [3.05, 3.63) is 71.9 Å². The molecule has 3 aromatic rings. The van der Waals surface area contributed by atoms with E-state index in [1.54, 1.807) is 23.0 Å². The summed E-state index contributed by atoms with van der Waals surface area (Å²) in [7, 11) is 0. The van der Waals surface area contributed by atoms with E-state index in [0.717, 1.165) is 6.07 Å². The van der Waals surface area contributed by atoms with E-state index in [2.05, 4.69) is 15.3 Å². The van der Waals surface area contributed by atoms with E-state index in [1.807, 2.05) is 6.07 Å². The lowest BCUT2D eigenvalue weighted by Crippen LogP contribution is -2.25. The number of pyridine rings is 1. The third kappa shape index (κ3) is 2.25. The number of carbonyl (C=O) groups excluding carboxylic acids is 1. The van der Waals surface area contributed by atoms with Crippen molar-refractivity contribution in [2.75, 3.05) is 5.32 Å². The Morgan fingerprint density at radius 3 is 2.88 bits per heavy atom. The predicted octanol–water partition coefficient (Wildman–Crippen LogP) is 3.02. The zero-order valence-electron chi connectivity index (χ0n) is 12.4. The molecule has 0 aliphatic carbocycles. The molecule has 0 unspecified atom stereocenters. The molecule has 1 aliphatic rings. The van der Waals surface area contributed by atoms with E-state index in [4.69, 9.17) is 0 Å². The molecular weight excluding hydrogens is 314 g/mol. The minimum Gasteiger partial charge on any atom is -0.310 e. The number of fused-ring (bicyclic) bond motifs is 1. The van der Waals surface area contributed by atoms with Gasteiger partial charge in [0.15, 0.2) is 11.6 Å². The number of benzene rings is 1. The number of imidazole rings is 1. The first-order valence-corrected chi connectivity index (χ1v) is 7.36. The molecule has 7 heteroatoms. The molecule has 5 nitrogen and oxygen atoms in total. The van der Waals surface area contributed by atoms with Gasteiger partial charge in [-0.15, -0.1) is 0 Å². The maximum Gasteiger partial charge on any atom is 0.226 e. The minimum atomic E-state index is -0.945. The van der Waals surface area contributed by atoms with Gasteiger partial charge in [-0.25, -0.2) is 13.8 Å². The molecule has 1 amide bonds. The molecule has 0 saturated carbocycles. The van der Waals surface area contributed by atoms with Crippen molar-refractivity contribution in [2.24, 2.45) is 0 Å². The van der Waals surface area contributed by atoms with E-state index < -0.39 is 17.6 Å². The van der Waals surface area contributed by atoms with E-state index in [-0.39, 0.29) is 17.9 Å². The summed E-state index contributed by atoms with van der Waals surface area (Å²) in [4.78, 5) is 20.5. The third-order valence-electron chi connectivity index (χ3n) is 4.05. The molecule has 120 valence electrons. The van der Waals surface area contributed by atoms with Crippen molar-refractivity contribution < 1.29 is 13.6 Å². The maximum atomic E-state index is 14.2. The highest BCUT2D eigenvalue weighted by atomic mass is 19.2. The first kappa shape index (κ1) is 14.5. The van der Waals surface area contributed by atoms with Crippen molar-refractivity contribution in [3.63, 3.8) is 0 Å². The number of amides is 1. The number of carbonyl (C=O) groups is 1. The molecule has 0 radical (unpaired) electrons. The van der Waals surface area contributed by atoms with Crippen LogP contribution in [-0.2, 0) is 4.79 Å². The van der Waals surface area contributed by atoms with Gasteiger partial charge in [-0.1, -0.05) is 12.1 Å². The second kappa shape index (κ2) is 5.52. The number of halogens is 2. The topological polar surface area (TPSA) is 59.8 Å². The van der Waals surface area contributed by atoms with Crippen molar-refractivity contribution in [2.45, 2.75) is 12.3 Å². The van der Waals surface area contributed by atoms with Gasteiger partial charge in [-0.2, -0.15) is 0 Å². The first-order chi connectivity index (χ1) is 11.6. The highest BCUT2D eigenvalue weighted by molar-refractivity contribution is 5.94. The molecule has 1 aliphatic heterocycles. The minimum absolute atomic E-state index is 0.0113. The van der Waals surface area contributed by atoms with Crippen LogP contribution in [0.2, 0.25) is 0 Å². The van der Waals surface area contributed by atoms with Crippen LogP contribution in [0.15, 0.2) is 49.1 Å². The Kier molecular flexibility index (Phi) is 3.34. The second-order valence-electron chi connectivity index (χ2n) is 5.51. The van der Waals surface area contributed by atoms with Crippen molar-refractivity contribution in [1.82, 2.24) is 14.5 Å². The van der Waals surface area contributed by atoms with E-state index >= 15 is 0 Å². The molecule has 2 aromatic heterocycles. The van der Waals surface area contributed by atoms with Gasteiger partial charge in [0.1, 0.15) is 12.1 Å². The Morgan fingerprint density at radius 2 is 2.08 bits per heavy atom. The van der Waals surface area contributed by atoms with Crippen LogP contribution in [0, 0.1) is 11.6 Å². The Morgan fingerprint density at radius 1 is 1.21 bits per heavy atom. The fourth-order valence-electron chi connectivity index (χ4n) is 2.95. The van der Waals surface area contributed by atoms with Gasteiger partial charge in [-0.05, 0) is 18.2 Å². The van der Waals surface area contributed by atoms with Crippen LogP contribution in [0.3, 0.4) is 0 Å². The zero-order chi connectivity index (χ0) is 16.7. The lowest BCUT2D eigenvalue weighted by molar-refractivity contribution is -0.116. The Bertz CT molecular complexity index is 924. The van der Waals surface area contributed by atoms with E-state index in [0.29, 0.717) is 17.2 Å². The van der Waals surface area contributed by atoms with E-state index in [1.165, 1.54) is 18.5 Å². The SMILES string of the molecule is O=C1C[C@H](c2cccc(F)c2F)c2ncn(-c3cccnc3)c2N1. The molecule has 0 spiro atoms. The number of anilines is 1. The standard InChI is InChI=1S/C17H12F2N4O/c18-13-5-1-4-11(15(13)19)12-7-14(24)22-17-16(12)21-9-23(17)10-3-2-6-20-8-10/h1-6,8-9,12H,7H2,(H,22,24)/t12-/m1/s1.